The maximum Gasteiger partial charge on any atom is 0.328 e. The van der Waals surface area contributed by atoms with E-state index in [1.54, 1.807) is 0 Å². The Hall–Kier alpha value is -1.70. The quantitative estimate of drug-likeness (QED) is 0.702. The van der Waals surface area contributed by atoms with Crippen LogP contribution in [0.2, 0.25) is 0 Å². The molecular weight excluding hydrogens is 260 g/mol. The average Bonchev–Trinajstić information content (AvgIpc) is 2.58. The third-order valence-corrected chi connectivity index (χ3v) is 4.71. The number of hydrogen-bond acceptors (Lipinski definition) is 5. The van der Waals surface area contributed by atoms with Crippen molar-refractivity contribution in [3.05, 3.63) is 32.6 Å². The SMILES string of the molecule is CC(=O)c1c[nH]c(=O)n(C2CCS(=O)(=O)C2)c1=O. The van der Waals surface area contributed by atoms with Crippen LogP contribution in [0.15, 0.2) is 15.8 Å². The maximum atomic E-state index is 12.0. The van der Waals surface area contributed by atoms with Gasteiger partial charge in [0.15, 0.2) is 15.6 Å². The predicted molar refractivity (Wildman–Crippen MR) is 63.6 cm³/mol. The Balaban J connectivity index is 2.59. The molecule has 1 atom stereocenters. The second kappa shape index (κ2) is 4.20. The molecule has 1 N–H and O–H groups in total. The fourth-order valence-corrected chi connectivity index (χ4v) is 3.75. The molecule has 2 rings (SSSR count). The molecule has 0 aliphatic carbocycles. The van der Waals surface area contributed by atoms with Crippen LogP contribution in [-0.2, 0) is 9.84 Å². The van der Waals surface area contributed by atoms with Crippen molar-refractivity contribution in [2.45, 2.75) is 19.4 Å². The molecule has 1 unspecified atom stereocenters. The van der Waals surface area contributed by atoms with Gasteiger partial charge in [-0.25, -0.2) is 13.2 Å². The van der Waals surface area contributed by atoms with Gasteiger partial charge in [0, 0.05) is 6.20 Å². The van der Waals surface area contributed by atoms with E-state index in [1.807, 2.05) is 0 Å². The summed E-state index contributed by atoms with van der Waals surface area (Å²) in [6, 6.07) is -0.689. The van der Waals surface area contributed by atoms with Crippen LogP contribution in [0.25, 0.3) is 0 Å². The normalized spacial score (nSPS) is 21.9. The van der Waals surface area contributed by atoms with Gasteiger partial charge in [0.2, 0.25) is 0 Å². The Morgan fingerprint density at radius 1 is 1.44 bits per heavy atom. The summed E-state index contributed by atoms with van der Waals surface area (Å²) >= 11 is 0. The van der Waals surface area contributed by atoms with Crippen molar-refractivity contribution in [3.63, 3.8) is 0 Å². The highest BCUT2D eigenvalue weighted by Crippen LogP contribution is 2.20. The number of carbonyl (C=O) groups excluding carboxylic acids is 1. The van der Waals surface area contributed by atoms with Crippen molar-refractivity contribution in [2.24, 2.45) is 0 Å². The van der Waals surface area contributed by atoms with Gasteiger partial charge in [-0.3, -0.25) is 14.2 Å². The maximum absolute atomic E-state index is 12.0. The van der Waals surface area contributed by atoms with Crippen LogP contribution in [0.4, 0.5) is 0 Å². The molecule has 1 aromatic rings. The lowest BCUT2D eigenvalue weighted by atomic mass is 10.2. The molecule has 1 aliphatic rings. The minimum Gasteiger partial charge on any atom is -0.313 e. The summed E-state index contributed by atoms with van der Waals surface area (Å²) in [5.74, 6) is -0.753. The minimum atomic E-state index is -3.21. The summed E-state index contributed by atoms with van der Waals surface area (Å²) in [5.41, 5.74) is -1.56. The zero-order valence-electron chi connectivity index (χ0n) is 9.67. The van der Waals surface area contributed by atoms with Crippen LogP contribution in [0, 0.1) is 0 Å². The highest BCUT2D eigenvalue weighted by Gasteiger charge is 2.31. The van der Waals surface area contributed by atoms with E-state index in [-0.39, 0.29) is 23.5 Å². The van der Waals surface area contributed by atoms with Gasteiger partial charge in [-0.05, 0) is 13.3 Å². The van der Waals surface area contributed by atoms with Crippen molar-refractivity contribution in [3.8, 4) is 0 Å². The number of ketones is 1. The molecule has 1 aliphatic heterocycles. The highest BCUT2D eigenvalue weighted by molar-refractivity contribution is 7.91. The van der Waals surface area contributed by atoms with E-state index < -0.39 is 32.9 Å². The van der Waals surface area contributed by atoms with Gasteiger partial charge in [0.1, 0.15) is 0 Å². The summed E-state index contributed by atoms with van der Waals surface area (Å²) in [7, 11) is -3.21. The van der Waals surface area contributed by atoms with E-state index >= 15 is 0 Å². The fourth-order valence-electron chi connectivity index (χ4n) is 2.05. The van der Waals surface area contributed by atoms with Gasteiger partial charge in [-0.2, -0.15) is 0 Å². The van der Waals surface area contributed by atoms with Crippen LogP contribution in [0.1, 0.15) is 29.7 Å². The van der Waals surface area contributed by atoms with E-state index in [1.165, 1.54) is 6.92 Å². The number of carbonyl (C=O) groups is 1. The second-order valence-corrected chi connectivity index (χ2v) is 6.52. The Bertz CT molecular complexity index is 713. The number of Topliss-reactive ketones (excluding diaryl/α,β-unsaturated/α-hetero) is 1. The van der Waals surface area contributed by atoms with Crippen molar-refractivity contribution in [2.75, 3.05) is 11.5 Å². The molecule has 2 heterocycles. The summed E-state index contributed by atoms with van der Waals surface area (Å²) in [5, 5.41) is 0. The van der Waals surface area contributed by atoms with Crippen LogP contribution >= 0.6 is 0 Å². The lowest BCUT2D eigenvalue weighted by Crippen LogP contribution is -2.40. The van der Waals surface area contributed by atoms with Crippen LogP contribution in [0.5, 0.6) is 0 Å². The minimum absolute atomic E-state index is 0.0478. The van der Waals surface area contributed by atoms with Crippen LogP contribution in [0.3, 0.4) is 0 Å². The Morgan fingerprint density at radius 3 is 2.61 bits per heavy atom. The van der Waals surface area contributed by atoms with Crippen molar-refractivity contribution >= 4 is 15.6 Å². The molecule has 18 heavy (non-hydrogen) atoms. The number of nitrogens with zero attached hydrogens (tertiary/aromatic N) is 1. The molecule has 0 radical (unpaired) electrons. The number of aromatic nitrogens is 2. The molecule has 0 bridgehead atoms. The summed E-state index contributed by atoms with van der Waals surface area (Å²) in [6.07, 6.45) is 1.28. The van der Waals surface area contributed by atoms with Gasteiger partial charge >= 0.3 is 5.69 Å². The van der Waals surface area contributed by atoms with E-state index in [9.17, 15) is 22.8 Å². The molecule has 7 nitrogen and oxygen atoms in total. The second-order valence-electron chi connectivity index (χ2n) is 4.30. The predicted octanol–water partition coefficient (Wildman–Crippen LogP) is -0.901. The average molecular weight is 272 g/mol. The number of nitrogens with one attached hydrogen (secondary N) is 1. The first-order valence-corrected chi connectivity index (χ1v) is 7.19. The monoisotopic (exact) mass is 272 g/mol. The Morgan fingerprint density at radius 2 is 2.11 bits per heavy atom. The Kier molecular flexibility index (Phi) is 2.97. The molecule has 0 saturated carbocycles. The van der Waals surface area contributed by atoms with E-state index in [2.05, 4.69) is 4.98 Å². The Labute approximate surface area is 102 Å². The zero-order valence-corrected chi connectivity index (χ0v) is 10.5. The molecule has 0 amide bonds. The number of sulfone groups is 1. The van der Waals surface area contributed by atoms with E-state index in [0.29, 0.717) is 0 Å². The first-order valence-electron chi connectivity index (χ1n) is 5.37. The van der Waals surface area contributed by atoms with Crippen molar-refractivity contribution < 1.29 is 13.2 Å². The van der Waals surface area contributed by atoms with E-state index in [0.717, 1.165) is 10.8 Å². The number of aromatic amines is 1. The summed E-state index contributed by atoms with van der Waals surface area (Å²) in [4.78, 5) is 37.1. The van der Waals surface area contributed by atoms with Crippen molar-refractivity contribution in [1.82, 2.24) is 9.55 Å². The van der Waals surface area contributed by atoms with Gasteiger partial charge in [0.05, 0.1) is 23.1 Å². The molecule has 1 aromatic heterocycles. The largest absolute Gasteiger partial charge is 0.328 e. The third kappa shape index (κ3) is 2.15. The topological polar surface area (TPSA) is 106 Å². The molecule has 1 fully saturated rings. The smallest absolute Gasteiger partial charge is 0.313 e. The first-order chi connectivity index (χ1) is 8.32. The number of rotatable bonds is 2. The molecular formula is C10H12N2O5S. The van der Waals surface area contributed by atoms with E-state index in [4.69, 9.17) is 0 Å². The molecule has 98 valence electrons. The molecule has 0 spiro atoms. The number of H-pyrrole nitrogens is 1. The summed E-state index contributed by atoms with van der Waals surface area (Å²) in [6.45, 7) is 1.21. The fraction of sp³-hybridized carbons (Fsp3) is 0.500. The van der Waals surface area contributed by atoms with Gasteiger partial charge in [-0.15, -0.1) is 0 Å². The third-order valence-electron chi connectivity index (χ3n) is 2.96. The molecule has 1 saturated heterocycles. The van der Waals surface area contributed by atoms with Gasteiger partial charge in [0.25, 0.3) is 5.56 Å². The molecule has 8 heteroatoms. The molecule has 0 aromatic carbocycles. The zero-order chi connectivity index (χ0) is 13.5. The van der Waals surface area contributed by atoms with Crippen LogP contribution in [-0.4, -0.2) is 35.3 Å². The summed E-state index contributed by atoms with van der Waals surface area (Å²) < 4.78 is 23.6. The van der Waals surface area contributed by atoms with Gasteiger partial charge in [-0.1, -0.05) is 0 Å². The lowest BCUT2D eigenvalue weighted by Gasteiger charge is -2.11. The highest BCUT2D eigenvalue weighted by atomic mass is 32.2. The first kappa shape index (κ1) is 12.7. The van der Waals surface area contributed by atoms with Gasteiger partial charge < -0.3 is 4.98 Å². The standard InChI is InChI=1S/C10H12N2O5S/c1-6(13)8-4-11-10(15)12(9(8)14)7-2-3-18(16,17)5-7/h4,7H,2-3,5H2,1H3,(H,11,15). The number of hydrogen-bond donors (Lipinski definition) is 1. The van der Waals surface area contributed by atoms with Crippen LogP contribution < -0.4 is 11.2 Å². The van der Waals surface area contributed by atoms with Crippen molar-refractivity contribution in [1.29, 1.82) is 0 Å². The lowest BCUT2D eigenvalue weighted by molar-refractivity contribution is 0.101.